The topological polar surface area (TPSA) is 30.2 Å². The number of rotatable bonds is 0. The summed E-state index contributed by atoms with van der Waals surface area (Å²) in [5.41, 5.74) is 1.84. The van der Waals surface area contributed by atoms with Gasteiger partial charge < -0.3 is 0 Å². The van der Waals surface area contributed by atoms with Gasteiger partial charge in [0.25, 0.3) is 0 Å². The number of fused-ring (bicyclic) bond motifs is 3. The van der Waals surface area contributed by atoms with Crippen molar-refractivity contribution in [1.82, 2.24) is 0 Å². The predicted molar refractivity (Wildman–Crippen MR) is 65.9 cm³/mol. The first kappa shape index (κ1) is 9.80. The summed E-state index contributed by atoms with van der Waals surface area (Å²) in [7, 11) is -1.70. The normalized spacial score (nSPS) is 19.8. The molecule has 2 nitrogen and oxygen atoms in total. The van der Waals surface area contributed by atoms with E-state index in [0.717, 1.165) is 28.2 Å². The first-order valence-electron chi connectivity index (χ1n) is 5.42. The third kappa shape index (κ3) is 1.34. The Kier molecular flexibility index (Phi) is 2.19. The lowest BCUT2D eigenvalue weighted by molar-refractivity contribution is 0.556. The summed E-state index contributed by atoms with van der Waals surface area (Å²) in [6, 6.07) is 7.79. The maximum absolute atomic E-state index is 12.0. The van der Waals surface area contributed by atoms with Gasteiger partial charge in [-0.05, 0) is 17.1 Å². The summed E-state index contributed by atoms with van der Waals surface area (Å²) in [6.45, 7) is 2.10. The van der Waals surface area contributed by atoms with Crippen LogP contribution in [0, 0.1) is 0 Å². The maximum atomic E-state index is 12.0. The van der Waals surface area contributed by atoms with Gasteiger partial charge in [0.15, 0.2) is 5.58 Å². The van der Waals surface area contributed by atoms with Crippen LogP contribution in [0.2, 0.25) is 0 Å². The second kappa shape index (κ2) is 3.57. The fourth-order valence-corrected chi connectivity index (χ4v) is 3.56. The molecule has 2 atom stereocenters. The van der Waals surface area contributed by atoms with E-state index >= 15 is 0 Å². The molecule has 16 heavy (non-hydrogen) atoms. The van der Waals surface area contributed by atoms with E-state index < -0.39 is 7.65 Å². The van der Waals surface area contributed by atoms with E-state index in [1.54, 1.807) is 0 Å². The number of hydrogen-bond donors (Lipinski definition) is 0. The quantitative estimate of drug-likeness (QED) is 0.658. The van der Waals surface area contributed by atoms with Gasteiger partial charge in [0, 0.05) is 16.9 Å². The lowest BCUT2D eigenvalue weighted by Crippen LogP contribution is -1.98. The van der Waals surface area contributed by atoms with Crippen molar-refractivity contribution in [1.29, 1.82) is 0 Å². The van der Waals surface area contributed by atoms with Crippen molar-refractivity contribution in [2.45, 2.75) is 19.3 Å². The van der Waals surface area contributed by atoms with Crippen molar-refractivity contribution in [3.05, 3.63) is 41.2 Å². The van der Waals surface area contributed by atoms with Crippen LogP contribution in [-0.4, -0.2) is 0 Å². The number of benzene rings is 1. The summed E-state index contributed by atoms with van der Waals surface area (Å²) in [4.78, 5) is 0. The Morgan fingerprint density at radius 2 is 2.19 bits per heavy atom. The van der Waals surface area contributed by atoms with Crippen molar-refractivity contribution in [2.75, 3.05) is 0 Å². The Hall–Kier alpha value is -1.40. The molecular weight excluding hydrogens is 219 g/mol. The first-order valence-corrected chi connectivity index (χ1v) is 6.60. The molecule has 3 heteroatoms. The molecule has 0 saturated carbocycles. The van der Waals surface area contributed by atoms with E-state index in [-0.39, 0.29) is 0 Å². The third-order valence-corrected chi connectivity index (χ3v) is 4.51. The first-order chi connectivity index (χ1) is 7.77. The number of para-hydroxylation sites is 1. The van der Waals surface area contributed by atoms with Gasteiger partial charge in [-0.3, -0.25) is 0 Å². The molecule has 1 aromatic carbocycles. The summed E-state index contributed by atoms with van der Waals surface area (Å²) in [5.74, 6) is 0.317. The van der Waals surface area contributed by atoms with Crippen LogP contribution in [0.5, 0.6) is 0 Å². The third-order valence-electron chi connectivity index (χ3n) is 3.07. The molecule has 1 aliphatic rings. The highest BCUT2D eigenvalue weighted by Gasteiger charge is 2.29. The van der Waals surface area contributed by atoms with Gasteiger partial charge in [-0.25, -0.2) is 4.20 Å². The van der Waals surface area contributed by atoms with E-state index in [0.29, 0.717) is 5.92 Å². The molecule has 0 bridgehead atoms. The van der Waals surface area contributed by atoms with Crippen molar-refractivity contribution in [3.8, 4) is 0 Å². The zero-order chi connectivity index (χ0) is 11.1. The Balaban J connectivity index is 2.50. The van der Waals surface area contributed by atoms with Gasteiger partial charge >= 0.3 is 7.65 Å². The summed E-state index contributed by atoms with van der Waals surface area (Å²) in [5, 5.41) is 2.03. The van der Waals surface area contributed by atoms with E-state index in [2.05, 4.69) is 19.1 Å². The molecule has 0 aliphatic heterocycles. The molecule has 0 N–H and O–H groups in total. The van der Waals surface area contributed by atoms with Crippen LogP contribution >= 0.6 is 7.65 Å². The SMILES string of the molecule is CC1CC=Cc2c1[p+](=O)oc1ccccc21. The van der Waals surface area contributed by atoms with Gasteiger partial charge in [0.1, 0.15) is 0 Å². The average Bonchev–Trinajstić information content (AvgIpc) is 2.29. The van der Waals surface area contributed by atoms with Gasteiger partial charge in [-0.1, -0.05) is 37.3 Å². The van der Waals surface area contributed by atoms with E-state index in [1.807, 2.05) is 24.3 Å². The molecule has 3 rings (SSSR count). The van der Waals surface area contributed by atoms with Crippen LogP contribution in [0.15, 0.2) is 34.5 Å². The second-order valence-corrected chi connectivity index (χ2v) is 5.36. The van der Waals surface area contributed by atoms with Crippen LogP contribution in [0.4, 0.5) is 0 Å². The molecule has 2 unspecified atom stereocenters. The van der Waals surface area contributed by atoms with Gasteiger partial charge in [-0.15, -0.1) is 0 Å². The molecule has 80 valence electrons. The molecule has 0 amide bonds. The maximum Gasteiger partial charge on any atom is 0.593 e. The highest BCUT2D eigenvalue weighted by atomic mass is 31.1. The zero-order valence-electron chi connectivity index (χ0n) is 9.01. The standard InChI is InChI=1S/C13H12O2P/c1-9-5-4-7-11-10-6-2-3-8-12(10)15-16(14)13(9)11/h2-4,6-9H,5H2,1H3/q+1. The Labute approximate surface area is 94.4 Å². The molecule has 0 saturated heterocycles. The van der Waals surface area contributed by atoms with Gasteiger partial charge in [-0.2, -0.15) is 0 Å². The Bertz CT molecular complexity index is 640. The summed E-state index contributed by atoms with van der Waals surface area (Å²) in [6.07, 6.45) is 5.17. The summed E-state index contributed by atoms with van der Waals surface area (Å²) >= 11 is 0. The van der Waals surface area contributed by atoms with Gasteiger partial charge in [0.05, 0.1) is 0 Å². The summed E-state index contributed by atoms with van der Waals surface area (Å²) < 4.78 is 17.5. The molecule has 0 radical (unpaired) electrons. The minimum Gasteiger partial charge on any atom is -0.250 e. The lowest BCUT2D eigenvalue weighted by atomic mass is 9.94. The minimum atomic E-state index is -1.70. The van der Waals surface area contributed by atoms with Crippen LogP contribution in [0.3, 0.4) is 0 Å². The van der Waals surface area contributed by atoms with E-state index in [4.69, 9.17) is 4.20 Å². The van der Waals surface area contributed by atoms with Crippen molar-refractivity contribution in [2.24, 2.45) is 0 Å². The molecule has 0 spiro atoms. The number of allylic oxidation sites excluding steroid dienone is 1. The molecule has 1 aliphatic carbocycles. The number of hydrogen-bond acceptors (Lipinski definition) is 2. The van der Waals surface area contributed by atoms with E-state index in [9.17, 15) is 4.57 Å². The van der Waals surface area contributed by atoms with Crippen LogP contribution in [-0.2, 0) is 4.57 Å². The van der Waals surface area contributed by atoms with Crippen LogP contribution < -0.4 is 0 Å². The smallest absolute Gasteiger partial charge is 0.250 e. The zero-order valence-corrected chi connectivity index (χ0v) is 9.91. The van der Waals surface area contributed by atoms with Crippen molar-refractivity contribution >= 4 is 24.7 Å². The minimum absolute atomic E-state index is 0.317. The van der Waals surface area contributed by atoms with Crippen LogP contribution in [0.1, 0.15) is 30.1 Å². The fraction of sp³-hybridized carbons (Fsp3) is 0.231. The molecular formula is C13H12O2P+. The lowest BCUT2D eigenvalue weighted by Gasteiger charge is -2.10. The van der Waals surface area contributed by atoms with Crippen molar-refractivity contribution < 1.29 is 8.76 Å². The predicted octanol–water partition coefficient (Wildman–Crippen LogP) is 4.70. The molecule has 2 aromatic rings. The molecule has 1 aromatic heterocycles. The largest absolute Gasteiger partial charge is 0.593 e. The highest BCUT2D eigenvalue weighted by molar-refractivity contribution is 7.31. The highest BCUT2D eigenvalue weighted by Crippen LogP contribution is 2.42. The van der Waals surface area contributed by atoms with Crippen LogP contribution in [0.25, 0.3) is 17.0 Å². The fourth-order valence-electron chi connectivity index (χ4n) is 2.27. The second-order valence-electron chi connectivity index (χ2n) is 4.18. The average molecular weight is 231 g/mol. The van der Waals surface area contributed by atoms with E-state index in [1.165, 1.54) is 0 Å². The molecule has 1 heterocycles. The van der Waals surface area contributed by atoms with Gasteiger partial charge in [0.2, 0.25) is 5.30 Å². The monoisotopic (exact) mass is 231 g/mol. The molecule has 0 fully saturated rings. The van der Waals surface area contributed by atoms with Crippen molar-refractivity contribution in [3.63, 3.8) is 0 Å². The Morgan fingerprint density at radius 3 is 3.06 bits per heavy atom. The Morgan fingerprint density at radius 1 is 1.38 bits per heavy atom.